The van der Waals surface area contributed by atoms with E-state index in [1.54, 1.807) is 6.07 Å². The predicted molar refractivity (Wildman–Crippen MR) is 231 cm³/mol. The summed E-state index contributed by atoms with van der Waals surface area (Å²) in [6, 6.07) is 21.7. The second kappa shape index (κ2) is 18.6. The highest BCUT2D eigenvalue weighted by Gasteiger charge is 2.32. The number of fused-ring (bicyclic) bond motifs is 2. The summed E-state index contributed by atoms with van der Waals surface area (Å²) >= 11 is 0. The summed E-state index contributed by atoms with van der Waals surface area (Å²) < 4.78 is 146. The SMILES string of the molecule is CN(CCCC(=O)O)C(=O)c1ccccc1-c1c2cc/c(=N/CCc3ccc(S(=O)(=O)O)cc3)c(S(=O)(=O)O)c-2oc2c(S(=O)(=O)O)c(NCCc3ccc(S(=O)(=O)O)cc3)ccc12. The van der Waals surface area contributed by atoms with Gasteiger partial charge in [-0.2, -0.15) is 33.7 Å². The molecular weight excluding hydrogens is 919 g/mol. The highest BCUT2D eigenvalue weighted by Crippen LogP contribution is 2.46. The standard InChI is InChI=1S/C41H39N3O16S4/c1-44(24-4-7-35(45)46)41(47)30-6-3-2-5-29(30)36-31-16-18-33(42-22-20-25-8-12-27(13-9-25)61(48,49)50)39(63(54,55)56)37(31)60-38-32(36)17-19-34(40(38)64(57,58)59)43-23-21-26-10-14-28(15-11-26)62(51,52)53/h2-3,5-6,8-19,42H,4,7,20-24H2,1H3,(H,45,46)(H,48,49,50)(H,51,52,53)(H,54,55,56)(H,57,58,59)/b43-34-. The van der Waals surface area contributed by atoms with Crippen molar-refractivity contribution in [1.82, 2.24) is 4.90 Å². The van der Waals surface area contributed by atoms with Crippen molar-refractivity contribution >= 4 is 69.0 Å². The molecule has 0 bridgehead atoms. The van der Waals surface area contributed by atoms with E-state index in [2.05, 4.69) is 10.3 Å². The first-order valence-electron chi connectivity index (χ1n) is 18.9. The summed E-state index contributed by atoms with van der Waals surface area (Å²) in [5, 5.41) is 11.7. The molecular formula is C41H39N3O16S4. The van der Waals surface area contributed by atoms with Gasteiger partial charge in [0.2, 0.25) is 0 Å². The molecule has 0 radical (unpaired) electrons. The number of nitrogens with zero attached hydrogens (tertiary/aromatic N) is 2. The molecule has 1 amide bonds. The van der Waals surface area contributed by atoms with Crippen LogP contribution in [0.4, 0.5) is 5.69 Å². The summed E-state index contributed by atoms with van der Waals surface area (Å²) in [5.74, 6) is -2.28. The third kappa shape index (κ3) is 10.8. The van der Waals surface area contributed by atoms with Crippen LogP contribution < -0.4 is 10.7 Å². The summed E-state index contributed by atoms with van der Waals surface area (Å²) in [6.07, 6.45) is 0.151. The van der Waals surface area contributed by atoms with Crippen molar-refractivity contribution < 1.29 is 71.0 Å². The summed E-state index contributed by atoms with van der Waals surface area (Å²) in [7, 11) is -18.1. The molecule has 0 fully saturated rings. The number of hydrogen-bond acceptors (Lipinski definition) is 13. The van der Waals surface area contributed by atoms with Crippen molar-refractivity contribution in [2.75, 3.05) is 32.0 Å². The first-order valence-corrected chi connectivity index (χ1v) is 24.7. The molecule has 0 unspecified atom stereocenters. The molecule has 1 heterocycles. The molecule has 0 atom stereocenters. The topological polar surface area (TPSA) is 313 Å². The van der Waals surface area contributed by atoms with Crippen molar-refractivity contribution in [3.05, 3.63) is 119 Å². The van der Waals surface area contributed by atoms with Gasteiger partial charge in [-0.25, -0.2) is 0 Å². The molecule has 6 N–H and O–H groups in total. The minimum absolute atomic E-state index is 0.0203. The maximum Gasteiger partial charge on any atom is 0.303 e. The number of rotatable bonds is 17. The minimum Gasteiger partial charge on any atom is -0.481 e. The van der Waals surface area contributed by atoms with Crippen LogP contribution in [0.1, 0.15) is 34.3 Å². The van der Waals surface area contributed by atoms with Gasteiger partial charge in [0.1, 0.15) is 0 Å². The second-order valence-electron chi connectivity index (χ2n) is 14.4. The van der Waals surface area contributed by atoms with Crippen LogP contribution in [0.3, 0.4) is 0 Å². The number of hydrogen-bond donors (Lipinski definition) is 6. The zero-order chi connectivity index (χ0) is 46.8. The van der Waals surface area contributed by atoms with Gasteiger partial charge in [0.15, 0.2) is 21.1 Å². The smallest absolute Gasteiger partial charge is 0.303 e. The van der Waals surface area contributed by atoms with Crippen LogP contribution in [0, 0.1) is 0 Å². The molecule has 19 nitrogen and oxygen atoms in total. The monoisotopic (exact) mass is 957 g/mol. The Morgan fingerprint density at radius 2 is 1.25 bits per heavy atom. The Balaban J connectivity index is 1.57. The molecule has 338 valence electrons. The Morgan fingerprint density at radius 1 is 0.672 bits per heavy atom. The van der Waals surface area contributed by atoms with Crippen LogP contribution in [0.25, 0.3) is 33.4 Å². The fourth-order valence-corrected chi connectivity index (χ4v) is 9.53. The second-order valence-corrected chi connectivity index (χ2v) is 19.9. The van der Waals surface area contributed by atoms with E-state index >= 15 is 0 Å². The Morgan fingerprint density at radius 3 is 1.81 bits per heavy atom. The number of aliphatic carboxylic acids is 1. The lowest BCUT2D eigenvalue weighted by Crippen LogP contribution is -2.28. The van der Waals surface area contributed by atoms with Gasteiger partial charge in [-0.15, -0.1) is 0 Å². The van der Waals surface area contributed by atoms with Crippen molar-refractivity contribution in [2.24, 2.45) is 4.99 Å². The Hall–Kier alpha value is -6.05. The molecule has 0 aromatic heterocycles. The number of carboxylic acids is 1. The lowest BCUT2D eigenvalue weighted by atomic mass is 9.90. The van der Waals surface area contributed by atoms with E-state index in [-0.39, 0.29) is 93.8 Å². The van der Waals surface area contributed by atoms with Crippen molar-refractivity contribution in [2.45, 2.75) is 45.3 Å². The Kier molecular flexibility index (Phi) is 13.8. The fraction of sp³-hybridized carbons (Fsp3) is 0.195. The van der Waals surface area contributed by atoms with Gasteiger partial charge in [0.05, 0.1) is 20.8 Å². The van der Waals surface area contributed by atoms with Gasteiger partial charge in [0.25, 0.3) is 46.4 Å². The lowest BCUT2D eigenvalue weighted by Gasteiger charge is -2.23. The van der Waals surface area contributed by atoms with Crippen LogP contribution >= 0.6 is 0 Å². The molecule has 0 saturated heterocycles. The largest absolute Gasteiger partial charge is 0.481 e. The summed E-state index contributed by atoms with van der Waals surface area (Å²) in [4.78, 5) is 28.4. The van der Waals surface area contributed by atoms with Crippen LogP contribution in [0.15, 0.2) is 126 Å². The van der Waals surface area contributed by atoms with Gasteiger partial charge < -0.3 is 19.7 Å². The number of carbonyl (C=O) groups is 2. The van der Waals surface area contributed by atoms with E-state index in [0.29, 0.717) is 11.1 Å². The summed E-state index contributed by atoms with van der Waals surface area (Å²) in [6.45, 7) is -0.142. The molecule has 4 aromatic rings. The van der Waals surface area contributed by atoms with Crippen LogP contribution in [-0.4, -0.2) is 100 Å². The molecule has 0 spiro atoms. The van der Waals surface area contributed by atoms with Gasteiger partial charge in [-0.1, -0.05) is 42.5 Å². The quantitative estimate of drug-likeness (QED) is 0.0522. The number of nitrogens with one attached hydrogen (secondary N) is 1. The molecule has 6 rings (SSSR count). The number of amides is 1. The average molecular weight is 958 g/mol. The highest BCUT2D eigenvalue weighted by molar-refractivity contribution is 7.86. The van der Waals surface area contributed by atoms with E-state index in [9.17, 15) is 61.5 Å². The van der Waals surface area contributed by atoms with Crippen LogP contribution in [-0.2, 0) is 58.1 Å². The zero-order valence-corrected chi connectivity index (χ0v) is 36.7. The van der Waals surface area contributed by atoms with Crippen LogP contribution in [0.2, 0.25) is 0 Å². The molecule has 4 aromatic carbocycles. The maximum absolute atomic E-state index is 14.0. The van der Waals surface area contributed by atoms with Crippen molar-refractivity contribution in [1.29, 1.82) is 0 Å². The first-order chi connectivity index (χ1) is 29.9. The number of benzene rings is 5. The van der Waals surface area contributed by atoms with Crippen LogP contribution in [0.5, 0.6) is 0 Å². The number of carbonyl (C=O) groups excluding carboxylic acids is 1. The molecule has 64 heavy (non-hydrogen) atoms. The molecule has 2 aliphatic rings. The maximum atomic E-state index is 14.0. The predicted octanol–water partition coefficient (Wildman–Crippen LogP) is 4.93. The minimum atomic E-state index is -5.30. The van der Waals surface area contributed by atoms with Gasteiger partial charge >= 0.3 is 5.97 Å². The molecule has 23 heteroatoms. The van der Waals surface area contributed by atoms with E-state index < -0.39 is 73.5 Å². The fourth-order valence-electron chi connectivity index (χ4n) is 6.98. The van der Waals surface area contributed by atoms with Crippen molar-refractivity contribution in [3.63, 3.8) is 0 Å². The number of anilines is 1. The van der Waals surface area contributed by atoms with Gasteiger partial charge in [-0.05, 0) is 90.6 Å². The molecule has 0 saturated carbocycles. The first kappa shape index (κ1) is 47.4. The Bertz CT molecular complexity index is 3280. The number of carboxylic acid groups (broad SMARTS) is 1. The lowest BCUT2D eigenvalue weighted by molar-refractivity contribution is -0.137. The molecule has 1 aliphatic carbocycles. The Labute approximate surface area is 367 Å². The normalized spacial score (nSPS) is 12.7. The average Bonchev–Trinajstić information content (AvgIpc) is 3.21. The zero-order valence-electron chi connectivity index (χ0n) is 33.4. The third-order valence-electron chi connectivity index (χ3n) is 9.97. The third-order valence-corrected chi connectivity index (χ3v) is 13.5. The summed E-state index contributed by atoms with van der Waals surface area (Å²) in [5.41, 5.74) is 0.385. The van der Waals surface area contributed by atoms with E-state index in [1.807, 2.05) is 0 Å². The van der Waals surface area contributed by atoms with E-state index in [0.717, 1.165) is 12.1 Å². The van der Waals surface area contributed by atoms with E-state index in [4.69, 9.17) is 9.52 Å². The molecule has 1 aliphatic heterocycles. The van der Waals surface area contributed by atoms with E-state index in [1.165, 1.54) is 90.8 Å². The highest BCUT2D eigenvalue weighted by atomic mass is 32.2. The van der Waals surface area contributed by atoms with Crippen molar-refractivity contribution in [3.8, 4) is 22.5 Å². The van der Waals surface area contributed by atoms with Gasteiger partial charge in [-0.3, -0.25) is 32.8 Å². The van der Waals surface area contributed by atoms with Gasteiger partial charge in [0, 0.05) is 55.2 Å².